The number of hydrogen-bond acceptors (Lipinski definition) is 5. The SMILES string of the molecule is Cn1c(-c2ccccn2)nn(CCNS(=O)(=O)C2CC2)c1=O. The Labute approximate surface area is 127 Å². The van der Waals surface area contributed by atoms with Gasteiger partial charge >= 0.3 is 5.69 Å². The molecule has 9 heteroatoms. The van der Waals surface area contributed by atoms with Gasteiger partial charge in [0.25, 0.3) is 0 Å². The maximum absolute atomic E-state index is 12.1. The summed E-state index contributed by atoms with van der Waals surface area (Å²) in [6.07, 6.45) is 3.05. The molecular weight excluding hydrogens is 306 g/mol. The molecule has 3 rings (SSSR count). The quantitative estimate of drug-likeness (QED) is 0.788. The zero-order valence-electron chi connectivity index (χ0n) is 12.1. The van der Waals surface area contributed by atoms with Crippen LogP contribution in [0.2, 0.25) is 0 Å². The summed E-state index contributed by atoms with van der Waals surface area (Å²) in [4.78, 5) is 16.3. The summed E-state index contributed by atoms with van der Waals surface area (Å²) in [7, 11) is -1.62. The van der Waals surface area contributed by atoms with Crippen LogP contribution in [0.3, 0.4) is 0 Å². The highest BCUT2D eigenvalue weighted by Crippen LogP contribution is 2.27. The van der Waals surface area contributed by atoms with Crippen molar-refractivity contribution in [2.45, 2.75) is 24.6 Å². The van der Waals surface area contributed by atoms with E-state index in [2.05, 4.69) is 14.8 Å². The largest absolute Gasteiger partial charge is 0.346 e. The average Bonchev–Trinajstić information content (AvgIpc) is 3.32. The van der Waals surface area contributed by atoms with Gasteiger partial charge in [0.1, 0.15) is 5.69 Å². The zero-order valence-corrected chi connectivity index (χ0v) is 13.0. The van der Waals surface area contributed by atoms with Crippen LogP contribution in [0.1, 0.15) is 12.8 Å². The molecular formula is C13H17N5O3S. The lowest BCUT2D eigenvalue weighted by molar-refractivity contribution is 0.550. The molecule has 0 saturated heterocycles. The normalized spacial score (nSPS) is 15.1. The van der Waals surface area contributed by atoms with Crippen molar-refractivity contribution in [3.63, 3.8) is 0 Å². The molecule has 1 fully saturated rings. The van der Waals surface area contributed by atoms with Crippen LogP contribution in [0, 0.1) is 0 Å². The third-order valence-corrected chi connectivity index (χ3v) is 5.48. The Morgan fingerprint density at radius 1 is 1.36 bits per heavy atom. The van der Waals surface area contributed by atoms with E-state index in [-0.39, 0.29) is 24.0 Å². The van der Waals surface area contributed by atoms with Gasteiger partial charge in [0, 0.05) is 19.8 Å². The summed E-state index contributed by atoms with van der Waals surface area (Å²) in [6.45, 7) is 0.336. The number of rotatable bonds is 6. The summed E-state index contributed by atoms with van der Waals surface area (Å²) in [5.41, 5.74) is 0.297. The molecule has 0 spiro atoms. The second-order valence-electron chi connectivity index (χ2n) is 5.24. The smallest absolute Gasteiger partial charge is 0.277 e. The molecule has 2 aromatic rings. The van der Waals surface area contributed by atoms with Gasteiger partial charge in [-0.3, -0.25) is 9.55 Å². The minimum absolute atomic E-state index is 0.150. The summed E-state index contributed by atoms with van der Waals surface area (Å²) in [6, 6.07) is 5.36. The Kier molecular flexibility index (Phi) is 3.83. The molecule has 1 saturated carbocycles. The average molecular weight is 323 g/mol. The first-order valence-corrected chi connectivity index (χ1v) is 8.57. The molecule has 22 heavy (non-hydrogen) atoms. The third-order valence-electron chi connectivity index (χ3n) is 3.52. The van der Waals surface area contributed by atoms with E-state index in [1.165, 1.54) is 9.25 Å². The van der Waals surface area contributed by atoms with Crippen LogP contribution in [0.5, 0.6) is 0 Å². The highest BCUT2D eigenvalue weighted by molar-refractivity contribution is 7.90. The maximum Gasteiger partial charge on any atom is 0.346 e. The predicted octanol–water partition coefficient (Wildman–Crippen LogP) is -0.274. The van der Waals surface area contributed by atoms with Crippen LogP contribution >= 0.6 is 0 Å². The number of nitrogens with one attached hydrogen (secondary N) is 1. The summed E-state index contributed by atoms with van der Waals surface area (Å²) < 4.78 is 28.6. The van der Waals surface area contributed by atoms with Gasteiger partial charge < -0.3 is 0 Å². The van der Waals surface area contributed by atoms with Crippen LogP contribution in [0.4, 0.5) is 0 Å². The van der Waals surface area contributed by atoms with E-state index >= 15 is 0 Å². The highest BCUT2D eigenvalue weighted by Gasteiger charge is 2.35. The molecule has 1 N–H and O–H groups in total. The fraction of sp³-hybridized carbons (Fsp3) is 0.462. The molecule has 0 bridgehead atoms. The third kappa shape index (κ3) is 2.95. The van der Waals surface area contributed by atoms with E-state index in [0.29, 0.717) is 24.4 Å². The summed E-state index contributed by atoms with van der Waals surface area (Å²) >= 11 is 0. The maximum atomic E-state index is 12.1. The lowest BCUT2D eigenvalue weighted by Crippen LogP contribution is -2.33. The standard InChI is InChI=1S/C13H17N5O3S/c1-17-12(11-4-2-3-7-14-11)16-18(13(17)19)9-8-15-22(20,21)10-5-6-10/h2-4,7,10,15H,5-6,8-9H2,1H3. The lowest BCUT2D eigenvalue weighted by atomic mass is 10.3. The number of hydrogen-bond donors (Lipinski definition) is 1. The van der Waals surface area contributed by atoms with Gasteiger partial charge in [-0.15, -0.1) is 5.10 Å². The molecule has 0 radical (unpaired) electrons. The summed E-state index contributed by atoms with van der Waals surface area (Å²) in [5.74, 6) is 0.454. The fourth-order valence-electron chi connectivity index (χ4n) is 2.14. The van der Waals surface area contributed by atoms with E-state index in [0.717, 1.165) is 0 Å². The fourth-order valence-corrected chi connectivity index (χ4v) is 3.51. The Hall–Kier alpha value is -2.00. The topological polar surface area (TPSA) is 98.9 Å². The number of aromatic nitrogens is 4. The Morgan fingerprint density at radius 2 is 2.14 bits per heavy atom. The first-order valence-electron chi connectivity index (χ1n) is 7.03. The van der Waals surface area contributed by atoms with Crippen molar-refractivity contribution in [1.29, 1.82) is 0 Å². The Balaban J connectivity index is 1.74. The molecule has 1 aliphatic carbocycles. The number of sulfonamides is 1. The molecule has 2 aromatic heterocycles. The van der Waals surface area contributed by atoms with Gasteiger partial charge in [-0.05, 0) is 25.0 Å². The van der Waals surface area contributed by atoms with Crippen LogP contribution in [0.25, 0.3) is 11.5 Å². The molecule has 1 aliphatic rings. The lowest BCUT2D eigenvalue weighted by Gasteiger charge is -2.04. The predicted molar refractivity (Wildman–Crippen MR) is 80.6 cm³/mol. The van der Waals surface area contributed by atoms with Crippen molar-refractivity contribution in [2.75, 3.05) is 6.54 Å². The van der Waals surface area contributed by atoms with Crippen LogP contribution in [-0.4, -0.2) is 39.5 Å². The molecule has 8 nitrogen and oxygen atoms in total. The van der Waals surface area contributed by atoms with Crippen molar-refractivity contribution in [3.8, 4) is 11.5 Å². The summed E-state index contributed by atoms with van der Waals surface area (Å²) in [5, 5.41) is 3.96. The molecule has 118 valence electrons. The number of pyridine rings is 1. The molecule has 0 amide bonds. The molecule has 0 aromatic carbocycles. The van der Waals surface area contributed by atoms with E-state index in [4.69, 9.17) is 0 Å². The second-order valence-corrected chi connectivity index (χ2v) is 7.29. The van der Waals surface area contributed by atoms with Gasteiger partial charge in [0.2, 0.25) is 10.0 Å². The van der Waals surface area contributed by atoms with E-state index in [1.807, 2.05) is 6.07 Å². The van der Waals surface area contributed by atoms with E-state index in [1.54, 1.807) is 25.4 Å². The minimum Gasteiger partial charge on any atom is -0.277 e. The molecule has 0 aliphatic heterocycles. The van der Waals surface area contributed by atoms with Crippen molar-refractivity contribution in [3.05, 3.63) is 34.9 Å². The Morgan fingerprint density at radius 3 is 2.77 bits per heavy atom. The van der Waals surface area contributed by atoms with Crippen molar-refractivity contribution in [1.82, 2.24) is 24.1 Å². The van der Waals surface area contributed by atoms with Gasteiger partial charge in [-0.1, -0.05) is 6.07 Å². The minimum atomic E-state index is -3.24. The van der Waals surface area contributed by atoms with E-state index < -0.39 is 10.0 Å². The second kappa shape index (κ2) is 5.65. The van der Waals surface area contributed by atoms with Crippen molar-refractivity contribution in [2.24, 2.45) is 7.05 Å². The first kappa shape index (κ1) is 14.9. The van der Waals surface area contributed by atoms with Crippen LogP contribution in [0.15, 0.2) is 29.2 Å². The Bertz CT molecular complexity index is 821. The van der Waals surface area contributed by atoms with Crippen LogP contribution in [-0.2, 0) is 23.6 Å². The highest BCUT2D eigenvalue weighted by atomic mass is 32.2. The first-order chi connectivity index (χ1) is 10.5. The number of nitrogens with zero attached hydrogens (tertiary/aromatic N) is 4. The zero-order chi connectivity index (χ0) is 15.7. The monoisotopic (exact) mass is 323 g/mol. The van der Waals surface area contributed by atoms with Gasteiger partial charge in [-0.25, -0.2) is 22.6 Å². The van der Waals surface area contributed by atoms with Gasteiger partial charge in [0.15, 0.2) is 5.82 Å². The van der Waals surface area contributed by atoms with Gasteiger partial charge in [0.05, 0.1) is 11.8 Å². The molecule has 0 unspecified atom stereocenters. The van der Waals surface area contributed by atoms with Crippen LogP contribution < -0.4 is 10.4 Å². The molecule has 2 heterocycles. The van der Waals surface area contributed by atoms with Crippen molar-refractivity contribution >= 4 is 10.0 Å². The van der Waals surface area contributed by atoms with Crippen molar-refractivity contribution < 1.29 is 8.42 Å². The van der Waals surface area contributed by atoms with E-state index in [9.17, 15) is 13.2 Å². The molecule has 0 atom stereocenters. The van der Waals surface area contributed by atoms with Gasteiger partial charge in [-0.2, -0.15) is 0 Å².